The number of nitrogens with zero attached hydrogens (tertiary/aromatic N) is 4. The first-order valence-electron chi connectivity index (χ1n) is 9.99. The Bertz CT molecular complexity index is 1010. The second-order valence-electron chi connectivity index (χ2n) is 7.75. The SMILES string of the molecule is C[C@@H]1CN(c2cc(F)c(C3CCC(=O)NC3=O)c(F)c2)CCN1c1ncc(C=O)cn1. The highest BCUT2D eigenvalue weighted by Crippen LogP contribution is 2.33. The highest BCUT2D eigenvalue weighted by Gasteiger charge is 2.33. The normalized spacial score (nSPS) is 21.8. The number of aromatic nitrogens is 2. The van der Waals surface area contributed by atoms with Crippen LogP contribution in [0.1, 0.15) is 41.6 Å². The monoisotopic (exact) mass is 429 g/mol. The Labute approximate surface area is 177 Å². The third-order valence-electron chi connectivity index (χ3n) is 5.70. The summed E-state index contributed by atoms with van der Waals surface area (Å²) in [6.07, 6.45) is 3.70. The number of piperidine rings is 1. The maximum absolute atomic E-state index is 14.8. The Morgan fingerprint density at radius 1 is 1.13 bits per heavy atom. The number of carbonyl (C=O) groups is 3. The fraction of sp³-hybridized carbons (Fsp3) is 0.381. The van der Waals surface area contributed by atoms with Crippen molar-refractivity contribution in [2.75, 3.05) is 29.4 Å². The molecule has 1 unspecified atom stereocenters. The summed E-state index contributed by atoms with van der Waals surface area (Å²) in [6.45, 7) is 3.45. The first-order chi connectivity index (χ1) is 14.9. The number of anilines is 2. The van der Waals surface area contributed by atoms with Crippen LogP contribution in [0, 0.1) is 11.6 Å². The average Bonchev–Trinajstić information content (AvgIpc) is 2.74. The van der Waals surface area contributed by atoms with Gasteiger partial charge in [0.1, 0.15) is 11.6 Å². The van der Waals surface area contributed by atoms with E-state index in [0.717, 1.165) is 0 Å². The number of piperazine rings is 1. The molecule has 0 radical (unpaired) electrons. The Morgan fingerprint density at radius 2 is 1.81 bits per heavy atom. The number of rotatable bonds is 4. The summed E-state index contributed by atoms with van der Waals surface area (Å²) in [7, 11) is 0. The van der Waals surface area contributed by atoms with Crippen LogP contribution in [0.5, 0.6) is 0 Å². The summed E-state index contributed by atoms with van der Waals surface area (Å²) in [5, 5.41) is 2.14. The van der Waals surface area contributed by atoms with Crippen molar-refractivity contribution in [1.29, 1.82) is 0 Å². The molecule has 1 aromatic carbocycles. The topological polar surface area (TPSA) is 95.5 Å². The average molecular weight is 429 g/mol. The number of halogens is 2. The largest absolute Gasteiger partial charge is 0.368 e. The lowest BCUT2D eigenvalue weighted by Gasteiger charge is -2.41. The summed E-state index contributed by atoms with van der Waals surface area (Å²) in [4.78, 5) is 46.4. The zero-order chi connectivity index (χ0) is 22.1. The molecule has 2 aromatic rings. The van der Waals surface area contributed by atoms with Crippen LogP contribution in [-0.2, 0) is 9.59 Å². The lowest BCUT2D eigenvalue weighted by atomic mass is 9.89. The van der Waals surface area contributed by atoms with E-state index in [1.54, 1.807) is 0 Å². The molecule has 1 aromatic heterocycles. The highest BCUT2D eigenvalue weighted by molar-refractivity contribution is 6.01. The molecule has 1 N–H and O–H groups in total. The second-order valence-corrected chi connectivity index (χ2v) is 7.75. The van der Waals surface area contributed by atoms with Crippen molar-refractivity contribution in [3.05, 3.63) is 47.3 Å². The molecule has 2 amide bonds. The van der Waals surface area contributed by atoms with Gasteiger partial charge in [0.25, 0.3) is 0 Å². The molecule has 4 rings (SSSR count). The van der Waals surface area contributed by atoms with Gasteiger partial charge in [-0.15, -0.1) is 0 Å². The molecule has 31 heavy (non-hydrogen) atoms. The minimum atomic E-state index is -1.02. The first-order valence-corrected chi connectivity index (χ1v) is 9.99. The summed E-state index contributed by atoms with van der Waals surface area (Å²) >= 11 is 0. The molecule has 0 spiro atoms. The van der Waals surface area contributed by atoms with Crippen molar-refractivity contribution < 1.29 is 23.2 Å². The van der Waals surface area contributed by atoms with Gasteiger partial charge in [-0.2, -0.15) is 0 Å². The van der Waals surface area contributed by atoms with E-state index in [4.69, 9.17) is 0 Å². The fourth-order valence-corrected chi connectivity index (χ4v) is 4.09. The van der Waals surface area contributed by atoms with Gasteiger partial charge in [-0.25, -0.2) is 18.7 Å². The Morgan fingerprint density at radius 3 is 2.39 bits per heavy atom. The second kappa shape index (κ2) is 8.37. The van der Waals surface area contributed by atoms with Crippen molar-refractivity contribution in [3.8, 4) is 0 Å². The first kappa shape index (κ1) is 20.8. The minimum Gasteiger partial charge on any atom is -0.368 e. The molecule has 3 heterocycles. The van der Waals surface area contributed by atoms with Crippen molar-refractivity contribution in [2.45, 2.75) is 31.7 Å². The summed E-state index contributed by atoms with van der Waals surface area (Å²) in [5.41, 5.74) is 0.468. The number of amides is 2. The Kier molecular flexibility index (Phi) is 5.62. The smallest absolute Gasteiger partial charge is 0.234 e. The van der Waals surface area contributed by atoms with Crippen LogP contribution >= 0.6 is 0 Å². The third kappa shape index (κ3) is 4.10. The van der Waals surface area contributed by atoms with Gasteiger partial charge in [0.2, 0.25) is 17.8 Å². The number of carbonyl (C=O) groups excluding carboxylic acids is 3. The van der Waals surface area contributed by atoms with Crippen LogP contribution in [0.15, 0.2) is 24.5 Å². The lowest BCUT2D eigenvalue weighted by Crippen LogP contribution is -2.52. The summed E-state index contributed by atoms with van der Waals surface area (Å²) < 4.78 is 29.7. The van der Waals surface area contributed by atoms with Gasteiger partial charge < -0.3 is 9.80 Å². The fourth-order valence-electron chi connectivity index (χ4n) is 4.09. The maximum Gasteiger partial charge on any atom is 0.234 e. The number of hydrogen-bond acceptors (Lipinski definition) is 7. The van der Waals surface area contributed by atoms with E-state index in [-0.39, 0.29) is 24.4 Å². The van der Waals surface area contributed by atoms with E-state index >= 15 is 0 Å². The van der Waals surface area contributed by atoms with E-state index in [0.29, 0.717) is 43.1 Å². The molecule has 2 aliphatic rings. The Balaban J connectivity index is 1.51. The van der Waals surface area contributed by atoms with Crippen LogP contribution in [0.4, 0.5) is 20.4 Å². The number of hydrogen-bond donors (Lipinski definition) is 1. The van der Waals surface area contributed by atoms with Crippen LogP contribution in [0.25, 0.3) is 0 Å². The molecule has 8 nitrogen and oxygen atoms in total. The van der Waals surface area contributed by atoms with Crippen LogP contribution in [0.2, 0.25) is 0 Å². The minimum absolute atomic E-state index is 0.0447. The van der Waals surface area contributed by atoms with Gasteiger partial charge in [-0.1, -0.05) is 0 Å². The van der Waals surface area contributed by atoms with E-state index < -0.39 is 29.4 Å². The van der Waals surface area contributed by atoms with Crippen LogP contribution in [-0.4, -0.2) is 53.7 Å². The maximum atomic E-state index is 14.8. The van der Waals surface area contributed by atoms with E-state index in [1.807, 2.05) is 16.7 Å². The molecule has 0 saturated carbocycles. The summed E-state index contributed by atoms with van der Waals surface area (Å²) in [5.74, 6) is -3.24. The number of nitrogens with one attached hydrogen (secondary N) is 1. The summed E-state index contributed by atoms with van der Waals surface area (Å²) in [6, 6.07) is 2.43. The molecule has 2 saturated heterocycles. The van der Waals surface area contributed by atoms with Gasteiger partial charge in [0, 0.05) is 55.7 Å². The van der Waals surface area contributed by atoms with Gasteiger partial charge >= 0.3 is 0 Å². The molecule has 162 valence electrons. The van der Waals surface area contributed by atoms with Crippen molar-refractivity contribution in [2.24, 2.45) is 0 Å². The molecular weight excluding hydrogens is 408 g/mol. The molecule has 0 bridgehead atoms. The predicted octanol–water partition coefficient (Wildman–Crippen LogP) is 1.80. The molecule has 2 atom stereocenters. The number of imide groups is 1. The van der Waals surface area contributed by atoms with Gasteiger partial charge in [0.15, 0.2) is 6.29 Å². The van der Waals surface area contributed by atoms with Crippen LogP contribution < -0.4 is 15.1 Å². The van der Waals surface area contributed by atoms with Crippen molar-refractivity contribution in [3.63, 3.8) is 0 Å². The molecule has 10 heteroatoms. The highest BCUT2D eigenvalue weighted by atomic mass is 19.1. The predicted molar refractivity (Wildman–Crippen MR) is 108 cm³/mol. The third-order valence-corrected chi connectivity index (χ3v) is 5.70. The van der Waals surface area contributed by atoms with Gasteiger partial charge in [-0.3, -0.25) is 19.7 Å². The van der Waals surface area contributed by atoms with E-state index in [1.165, 1.54) is 24.5 Å². The number of aldehydes is 1. The Hall–Kier alpha value is -3.43. The zero-order valence-corrected chi connectivity index (χ0v) is 16.8. The van der Waals surface area contributed by atoms with Gasteiger partial charge in [-0.05, 0) is 25.5 Å². The molecular formula is C21H21F2N5O3. The zero-order valence-electron chi connectivity index (χ0n) is 16.8. The van der Waals surface area contributed by atoms with Gasteiger partial charge in [0.05, 0.1) is 11.5 Å². The van der Waals surface area contributed by atoms with Crippen LogP contribution in [0.3, 0.4) is 0 Å². The lowest BCUT2D eigenvalue weighted by molar-refractivity contribution is -0.134. The van der Waals surface area contributed by atoms with Crippen molar-refractivity contribution in [1.82, 2.24) is 15.3 Å². The molecule has 0 aliphatic carbocycles. The van der Waals surface area contributed by atoms with Crippen molar-refractivity contribution >= 4 is 29.7 Å². The van der Waals surface area contributed by atoms with E-state index in [2.05, 4.69) is 15.3 Å². The quantitative estimate of drug-likeness (QED) is 0.585. The van der Waals surface area contributed by atoms with E-state index in [9.17, 15) is 23.2 Å². The standard InChI is InChI=1S/C21H21F2N5O3/c1-12-10-27(4-5-28(12)21-24-8-13(11-29)9-25-21)14-6-16(22)19(17(23)7-14)15-2-3-18(30)26-20(15)31/h6-9,11-12,15H,2-5,10H2,1H3,(H,26,30,31)/t12-,15?/m1/s1. The molecule has 2 aliphatic heterocycles. The molecule has 2 fully saturated rings. The number of benzene rings is 1.